The number of halogens is 1. The van der Waals surface area contributed by atoms with Gasteiger partial charge < -0.3 is 15.4 Å². The zero-order valence-electron chi connectivity index (χ0n) is 11.9. The molecule has 1 heterocycles. The summed E-state index contributed by atoms with van der Waals surface area (Å²) >= 11 is 0. The van der Waals surface area contributed by atoms with Gasteiger partial charge in [-0.15, -0.1) is 0 Å². The van der Waals surface area contributed by atoms with E-state index in [2.05, 4.69) is 10.6 Å². The number of benzene rings is 1. The number of aryl methyl sites for hydroxylation is 1. The molecule has 0 aliphatic carbocycles. The molecule has 0 aromatic heterocycles. The first-order chi connectivity index (χ1) is 9.60. The van der Waals surface area contributed by atoms with Crippen LogP contribution in [-0.4, -0.2) is 32.2 Å². The van der Waals surface area contributed by atoms with Crippen molar-refractivity contribution in [3.05, 3.63) is 35.1 Å². The van der Waals surface area contributed by atoms with E-state index in [0.717, 1.165) is 30.5 Å². The molecule has 2 rings (SSSR count). The van der Waals surface area contributed by atoms with Gasteiger partial charge in [-0.25, -0.2) is 4.39 Å². The van der Waals surface area contributed by atoms with Gasteiger partial charge in [-0.05, 0) is 49.6 Å². The SMILES string of the molecule is COCC(=O)N[C@H]1CCN[C@@H](c2ccc(F)cc2C)C1. The molecule has 2 atom stereocenters. The second-order valence-corrected chi connectivity index (χ2v) is 5.23. The molecule has 0 unspecified atom stereocenters. The lowest BCUT2D eigenvalue weighted by atomic mass is 9.91. The highest BCUT2D eigenvalue weighted by molar-refractivity contribution is 5.77. The number of carbonyl (C=O) groups is 1. The Morgan fingerprint density at radius 2 is 2.35 bits per heavy atom. The summed E-state index contributed by atoms with van der Waals surface area (Å²) in [4.78, 5) is 11.6. The topological polar surface area (TPSA) is 50.4 Å². The fourth-order valence-corrected chi connectivity index (χ4v) is 2.72. The number of nitrogens with one attached hydrogen (secondary N) is 2. The molecule has 1 saturated heterocycles. The summed E-state index contributed by atoms with van der Waals surface area (Å²) in [6.07, 6.45) is 1.70. The van der Waals surface area contributed by atoms with E-state index in [1.807, 2.05) is 13.0 Å². The second kappa shape index (κ2) is 6.81. The van der Waals surface area contributed by atoms with Crippen LogP contribution in [0.4, 0.5) is 4.39 Å². The van der Waals surface area contributed by atoms with Crippen LogP contribution in [0.3, 0.4) is 0 Å². The maximum Gasteiger partial charge on any atom is 0.246 e. The predicted octanol–water partition coefficient (Wildman–Crippen LogP) is 1.69. The number of rotatable bonds is 4. The van der Waals surface area contributed by atoms with Crippen molar-refractivity contribution < 1.29 is 13.9 Å². The number of carbonyl (C=O) groups excluding carboxylic acids is 1. The Kier molecular flexibility index (Phi) is 5.09. The Bertz CT molecular complexity index is 479. The first kappa shape index (κ1) is 14.9. The molecule has 1 fully saturated rings. The molecule has 1 aliphatic heterocycles. The highest BCUT2D eigenvalue weighted by Gasteiger charge is 2.24. The number of piperidine rings is 1. The molecule has 110 valence electrons. The van der Waals surface area contributed by atoms with E-state index in [-0.39, 0.29) is 30.4 Å². The van der Waals surface area contributed by atoms with E-state index in [1.165, 1.54) is 13.2 Å². The molecule has 2 N–H and O–H groups in total. The van der Waals surface area contributed by atoms with Crippen LogP contribution in [-0.2, 0) is 9.53 Å². The van der Waals surface area contributed by atoms with Crippen LogP contribution in [0.2, 0.25) is 0 Å². The normalized spacial score (nSPS) is 22.6. The monoisotopic (exact) mass is 280 g/mol. The van der Waals surface area contributed by atoms with Crippen molar-refractivity contribution in [2.45, 2.75) is 31.8 Å². The lowest BCUT2D eigenvalue weighted by Crippen LogP contribution is -2.45. The van der Waals surface area contributed by atoms with Crippen molar-refractivity contribution in [2.75, 3.05) is 20.3 Å². The largest absolute Gasteiger partial charge is 0.375 e. The van der Waals surface area contributed by atoms with E-state index in [0.29, 0.717) is 0 Å². The van der Waals surface area contributed by atoms with Gasteiger partial charge in [0.05, 0.1) is 0 Å². The second-order valence-electron chi connectivity index (χ2n) is 5.23. The van der Waals surface area contributed by atoms with Crippen LogP contribution in [0.25, 0.3) is 0 Å². The zero-order chi connectivity index (χ0) is 14.5. The van der Waals surface area contributed by atoms with Crippen LogP contribution in [0, 0.1) is 12.7 Å². The summed E-state index contributed by atoms with van der Waals surface area (Å²) in [5, 5.41) is 6.40. The third kappa shape index (κ3) is 3.77. The van der Waals surface area contributed by atoms with Crippen molar-refractivity contribution in [3.8, 4) is 0 Å². The first-order valence-electron chi connectivity index (χ1n) is 6.88. The van der Waals surface area contributed by atoms with Crippen LogP contribution in [0.15, 0.2) is 18.2 Å². The molecule has 1 amide bonds. The van der Waals surface area contributed by atoms with Crippen molar-refractivity contribution in [3.63, 3.8) is 0 Å². The van der Waals surface area contributed by atoms with Gasteiger partial charge in [0, 0.05) is 19.2 Å². The summed E-state index contributed by atoms with van der Waals surface area (Å²) in [7, 11) is 1.51. The number of amides is 1. The minimum absolute atomic E-state index is 0.0875. The van der Waals surface area contributed by atoms with Gasteiger partial charge in [-0.1, -0.05) is 6.07 Å². The Morgan fingerprint density at radius 3 is 3.05 bits per heavy atom. The zero-order valence-corrected chi connectivity index (χ0v) is 11.9. The maximum absolute atomic E-state index is 13.2. The molecule has 1 aromatic rings. The van der Waals surface area contributed by atoms with E-state index >= 15 is 0 Å². The summed E-state index contributed by atoms with van der Waals surface area (Å²) in [5.41, 5.74) is 2.03. The van der Waals surface area contributed by atoms with Crippen molar-refractivity contribution in [1.29, 1.82) is 0 Å². The molecule has 1 aromatic carbocycles. The Balaban J connectivity index is 2.01. The van der Waals surface area contributed by atoms with Gasteiger partial charge in [-0.3, -0.25) is 4.79 Å². The molecule has 0 saturated carbocycles. The molecule has 0 spiro atoms. The number of ether oxygens (including phenoxy) is 1. The van der Waals surface area contributed by atoms with Crippen molar-refractivity contribution in [1.82, 2.24) is 10.6 Å². The third-order valence-electron chi connectivity index (χ3n) is 3.65. The van der Waals surface area contributed by atoms with Gasteiger partial charge in [0.15, 0.2) is 0 Å². The maximum atomic E-state index is 13.2. The molecule has 1 aliphatic rings. The average molecular weight is 280 g/mol. The van der Waals surface area contributed by atoms with Crippen LogP contribution < -0.4 is 10.6 Å². The molecular weight excluding hydrogens is 259 g/mol. The quantitative estimate of drug-likeness (QED) is 0.882. The summed E-state index contributed by atoms with van der Waals surface area (Å²) in [6, 6.07) is 5.13. The van der Waals surface area contributed by atoms with Crippen LogP contribution >= 0.6 is 0 Å². The fourth-order valence-electron chi connectivity index (χ4n) is 2.72. The minimum Gasteiger partial charge on any atom is -0.375 e. The van der Waals surface area contributed by atoms with Gasteiger partial charge in [-0.2, -0.15) is 0 Å². The first-order valence-corrected chi connectivity index (χ1v) is 6.88. The molecule has 0 bridgehead atoms. The summed E-state index contributed by atoms with van der Waals surface area (Å²) in [5.74, 6) is -0.305. The van der Waals surface area contributed by atoms with Gasteiger partial charge in [0.1, 0.15) is 12.4 Å². The number of hydrogen-bond acceptors (Lipinski definition) is 3. The average Bonchev–Trinajstić information content (AvgIpc) is 2.39. The molecule has 0 radical (unpaired) electrons. The molecule has 20 heavy (non-hydrogen) atoms. The van der Waals surface area contributed by atoms with Gasteiger partial charge in [0.2, 0.25) is 5.91 Å². The summed E-state index contributed by atoms with van der Waals surface area (Å²) < 4.78 is 18.0. The lowest BCUT2D eigenvalue weighted by Gasteiger charge is -2.32. The highest BCUT2D eigenvalue weighted by atomic mass is 19.1. The predicted molar refractivity (Wildman–Crippen MR) is 74.9 cm³/mol. The number of methoxy groups -OCH3 is 1. The van der Waals surface area contributed by atoms with E-state index < -0.39 is 0 Å². The van der Waals surface area contributed by atoms with Crippen LogP contribution in [0.1, 0.15) is 30.0 Å². The Labute approximate surface area is 118 Å². The molecule has 5 heteroatoms. The standard InChI is InChI=1S/C15H21FN2O2/c1-10-7-11(16)3-4-13(10)14-8-12(5-6-17-14)18-15(19)9-20-2/h3-4,7,12,14,17H,5-6,8-9H2,1-2H3,(H,18,19)/t12-,14+/m0/s1. The summed E-state index contributed by atoms with van der Waals surface area (Å²) in [6.45, 7) is 2.83. The number of hydrogen-bond donors (Lipinski definition) is 2. The molecular formula is C15H21FN2O2. The highest BCUT2D eigenvalue weighted by Crippen LogP contribution is 2.26. The minimum atomic E-state index is -0.216. The van der Waals surface area contributed by atoms with Crippen molar-refractivity contribution in [2.24, 2.45) is 0 Å². The van der Waals surface area contributed by atoms with E-state index in [9.17, 15) is 9.18 Å². The third-order valence-corrected chi connectivity index (χ3v) is 3.65. The fraction of sp³-hybridized carbons (Fsp3) is 0.533. The molecule has 4 nitrogen and oxygen atoms in total. The van der Waals surface area contributed by atoms with Crippen LogP contribution in [0.5, 0.6) is 0 Å². The van der Waals surface area contributed by atoms with E-state index in [1.54, 1.807) is 6.07 Å². The Morgan fingerprint density at radius 1 is 1.55 bits per heavy atom. The Hall–Kier alpha value is -1.46. The van der Waals surface area contributed by atoms with Crippen molar-refractivity contribution >= 4 is 5.91 Å². The smallest absolute Gasteiger partial charge is 0.246 e. The lowest BCUT2D eigenvalue weighted by molar-refractivity contribution is -0.125. The van der Waals surface area contributed by atoms with E-state index in [4.69, 9.17) is 4.74 Å². The van der Waals surface area contributed by atoms with Gasteiger partial charge >= 0.3 is 0 Å². The van der Waals surface area contributed by atoms with Gasteiger partial charge in [0.25, 0.3) is 0 Å².